The third kappa shape index (κ3) is 5.74. The number of para-hydroxylation sites is 1. The van der Waals surface area contributed by atoms with E-state index in [-0.39, 0.29) is 18.4 Å². The van der Waals surface area contributed by atoms with Crippen LogP contribution in [0.5, 0.6) is 0 Å². The minimum absolute atomic E-state index is 0.0591. The summed E-state index contributed by atoms with van der Waals surface area (Å²) in [6.45, 7) is 1.80. The van der Waals surface area contributed by atoms with Crippen LogP contribution in [0.1, 0.15) is 6.92 Å². The van der Waals surface area contributed by atoms with Crippen LogP contribution in [0.4, 0.5) is 11.4 Å². The van der Waals surface area contributed by atoms with Gasteiger partial charge in [-0.2, -0.15) is 0 Å². The van der Waals surface area contributed by atoms with Crippen LogP contribution in [0.25, 0.3) is 0 Å². The fraction of sp³-hybridized carbons (Fsp3) is 0.222. The molecule has 5 nitrogen and oxygen atoms in total. The average Bonchev–Trinajstić information content (AvgIpc) is 2.58. The number of nitrogens with one attached hydrogen (secondary N) is 2. The van der Waals surface area contributed by atoms with Crippen LogP contribution in [0.3, 0.4) is 0 Å². The molecule has 132 valence electrons. The molecule has 0 bridgehead atoms. The summed E-state index contributed by atoms with van der Waals surface area (Å²) >= 11 is 11.8. The van der Waals surface area contributed by atoms with Crippen molar-refractivity contribution in [1.82, 2.24) is 4.90 Å². The number of nitrogens with zero attached hydrogens (tertiary/aromatic N) is 1. The van der Waals surface area contributed by atoms with Gasteiger partial charge in [0.2, 0.25) is 11.8 Å². The van der Waals surface area contributed by atoms with Gasteiger partial charge in [0.1, 0.15) is 0 Å². The van der Waals surface area contributed by atoms with Crippen molar-refractivity contribution >= 4 is 46.4 Å². The van der Waals surface area contributed by atoms with Gasteiger partial charge in [0.05, 0.1) is 22.6 Å². The summed E-state index contributed by atoms with van der Waals surface area (Å²) in [5, 5.41) is 6.33. The van der Waals surface area contributed by atoms with E-state index in [1.807, 2.05) is 30.3 Å². The van der Waals surface area contributed by atoms with Crippen molar-refractivity contribution in [2.75, 3.05) is 24.2 Å². The van der Waals surface area contributed by atoms with Crippen LogP contribution in [0, 0.1) is 0 Å². The SMILES string of the molecule is C[C@@H](C(=O)Nc1ccccc1)N(C)CC(=O)Nc1ccc(Cl)c(Cl)c1. The predicted octanol–water partition coefficient (Wildman–Crippen LogP) is 3.89. The van der Waals surface area contributed by atoms with Gasteiger partial charge in [-0.15, -0.1) is 0 Å². The summed E-state index contributed by atoms with van der Waals surface area (Å²) in [6, 6.07) is 13.6. The fourth-order valence-corrected chi connectivity index (χ4v) is 2.40. The number of likely N-dealkylation sites (N-methyl/N-ethyl adjacent to an activating group) is 1. The Bertz CT molecular complexity index is 753. The van der Waals surface area contributed by atoms with Gasteiger partial charge in [-0.1, -0.05) is 41.4 Å². The Balaban J connectivity index is 1.88. The van der Waals surface area contributed by atoms with Gasteiger partial charge in [-0.3, -0.25) is 14.5 Å². The van der Waals surface area contributed by atoms with Crippen LogP contribution in [0.2, 0.25) is 10.0 Å². The molecule has 0 spiro atoms. The Hall–Kier alpha value is -2.08. The van der Waals surface area contributed by atoms with Crippen LogP contribution in [-0.4, -0.2) is 36.3 Å². The van der Waals surface area contributed by atoms with E-state index in [2.05, 4.69) is 10.6 Å². The molecule has 0 aliphatic rings. The lowest BCUT2D eigenvalue weighted by atomic mass is 10.2. The standard InChI is InChI=1S/C18H19Cl2N3O2/c1-12(18(25)22-13-6-4-3-5-7-13)23(2)11-17(24)21-14-8-9-15(19)16(20)10-14/h3-10,12H,11H2,1-2H3,(H,21,24)(H,22,25)/t12-/m0/s1. The van der Waals surface area contributed by atoms with Crippen LogP contribution < -0.4 is 10.6 Å². The van der Waals surface area contributed by atoms with Crippen molar-refractivity contribution in [1.29, 1.82) is 0 Å². The quantitative estimate of drug-likeness (QED) is 0.799. The molecule has 1 atom stereocenters. The van der Waals surface area contributed by atoms with Gasteiger partial charge < -0.3 is 10.6 Å². The van der Waals surface area contributed by atoms with E-state index >= 15 is 0 Å². The second-order valence-electron chi connectivity index (χ2n) is 5.62. The highest BCUT2D eigenvalue weighted by Gasteiger charge is 2.20. The maximum Gasteiger partial charge on any atom is 0.241 e. The molecule has 7 heteroatoms. The Morgan fingerprint density at radius 1 is 1.00 bits per heavy atom. The van der Waals surface area contributed by atoms with Crippen molar-refractivity contribution in [3.8, 4) is 0 Å². The van der Waals surface area contributed by atoms with E-state index in [1.54, 1.807) is 37.1 Å². The summed E-state index contributed by atoms with van der Waals surface area (Å²) < 4.78 is 0. The Morgan fingerprint density at radius 3 is 2.32 bits per heavy atom. The molecular weight excluding hydrogens is 361 g/mol. The molecule has 2 amide bonds. The number of amides is 2. The van der Waals surface area contributed by atoms with E-state index in [0.29, 0.717) is 21.4 Å². The van der Waals surface area contributed by atoms with Gasteiger partial charge in [0, 0.05) is 11.4 Å². The molecule has 2 rings (SSSR count). The molecule has 0 saturated heterocycles. The molecule has 0 aromatic heterocycles. The summed E-state index contributed by atoms with van der Waals surface area (Å²) in [6.07, 6.45) is 0. The van der Waals surface area contributed by atoms with Crippen molar-refractivity contribution in [3.63, 3.8) is 0 Å². The maximum atomic E-state index is 12.3. The Kier molecular flexibility index (Phi) is 6.82. The second-order valence-corrected chi connectivity index (χ2v) is 6.44. The topological polar surface area (TPSA) is 61.4 Å². The molecule has 0 unspecified atom stereocenters. The van der Waals surface area contributed by atoms with Crippen molar-refractivity contribution in [2.45, 2.75) is 13.0 Å². The van der Waals surface area contributed by atoms with Gasteiger partial charge in [-0.05, 0) is 44.3 Å². The van der Waals surface area contributed by atoms with Crippen molar-refractivity contribution in [3.05, 3.63) is 58.6 Å². The summed E-state index contributed by atoms with van der Waals surface area (Å²) in [5.74, 6) is -0.434. The molecule has 0 radical (unpaired) electrons. The monoisotopic (exact) mass is 379 g/mol. The first-order valence-corrected chi connectivity index (χ1v) is 8.43. The summed E-state index contributed by atoms with van der Waals surface area (Å²) in [5.41, 5.74) is 1.27. The normalized spacial score (nSPS) is 11.9. The zero-order valence-corrected chi connectivity index (χ0v) is 15.4. The minimum Gasteiger partial charge on any atom is -0.325 e. The van der Waals surface area contributed by atoms with Gasteiger partial charge in [0.25, 0.3) is 0 Å². The zero-order valence-electron chi connectivity index (χ0n) is 13.9. The first-order valence-electron chi connectivity index (χ1n) is 7.68. The zero-order chi connectivity index (χ0) is 18.4. The Morgan fingerprint density at radius 2 is 1.68 bits per heavy atom. The number of hydrogen-bond acceptors (Lipinski definition) is 3. The smallest absolute Gasteiger partial charge is 0.241 e. The van der Waals surface area contributed by atoms with E-state index in [0.717, 1.165) is 0 Å². The van der Waals surface area contributed by atoms with Gasteiger partial charge >= 0.3 is 0 Å². The summed E-state index contributed by atoms with van der Waals surface area (Å²) in [7, 11) is 1.71. The molecular formula is C18H19Cl2N3O2. The number of hydrogen-bond donors (Lipinski definition) is 2. The predicted molar refractivity (Wildman–Crippen MR) is 102 cm³/mol. The number of carbonyl (C=O) groups is 2. The number of benzene rings is 2. The van der Waals surface area contributed by atoms with Crippen molar-refractivity contribution < 1.29 is 9.59 Å². The number of carbonyl (C=O) groups excluding carboxylic acids is 2. The van der Waals surface area contributed by atoms with E-state index in [9.17, 15) is 9.59 Å². The Labute approximate surface area is 156 Å². The molecule has 2 N–H and O–H groups in total. The van der Waals surface area contributed by atoms with Crippen LogP contribution in [-0.2, 0) is 9.59 Å². The highest BCUT2D eigenvalue weighted by Crippen LogP contribution is 2.24. The number of anilines is 2. The molecule has 2 aromatic carbocycles. The molecule has 25 heavy (non-hydrogen) atoms. The highest BCUT2D eigenvalue weighted by molar-refractivity contribution is 6.42. The maximum absolute atomic E-state index is 12.3. The van der Waals surface area contributed by atoms with Crippen LogP contribution in [0.15, 0.2) is 48.5 Å². The average molecular weight is 380 g/mol. The second kappa shape index (κ2) is 8.85. The molecule has 0 fully saturated rings. The molecule has 2 aromatic rings. The lowest BCUT2D eigenvalue weighted by Crippen LogP contribution is -2.43. The molecule has 0 aliphatic heterocycles. The third-order valence-electron chi connectivity index (χ3n) is 3.68. The van der Waals surface area contributed by atoms with E-state index in [1.165, 1.54) is 0 Å². The number of halogens is 2. The van der Waals surface area contributed by atoms with Gasteiger partial charge in [-0.25, -0.2) is 0 Å². The van der Waals surface area contributed by atoms with E-state index in [4.69, 9.17) is 23.2 Å². The largest absolute Gasteiger partial charge is 0.325 e. The number of rotatable bonds is 6. The van der Waals surface area contributed by atoms with E-state index < -0.39 is 6.04 Å². The minimum atomic E-state index is -0.472. The van der Waals surface area contributed by atoms with Gasteiger partial charge in [0.15, 0.2) is 0 Å². The lowest BCUT2D eigenvalue weighted by molar-refractivity contribution is -0.122. The third-order valence-corrected chi connectivity index (χ3v) is 4.42. The molecule has 0 aliphatic carbocycles. The first-order chi connectivity index (χ1) is 11.9. The molecule has 0 saturated carbocycles. The fourth-order valence-electron chi connectivity index (χ4n) is 2.11. The van der Waals surface area contributed by atoms with Crippen LogP contribution >= 0.6 is 23.2 Å². The molecule has 0 heterocycles. The van der Waals surface area contributed by atoms with Crippen molar-refractivity contribution in [2.24, 2.45) is 0 Å². The lowest BCUT2D eigenvalue weighted by Gasteiger charge is -2.23. The first kappa shape index (κ1) is 19.2. The highest BCUT2D eigenvalue weighted by atomic mass is 35.5. The summed E-state index contributed by atoms with van der Waals surface area (Å²) in [4.78, 5) is 26.1.